The lowest BCUT2D eigenvalue weighted by Gasteiger charge is -2.20. The van der Waals surface area contributed by atoms with Gasteiger partial charge < -0.3 is 20.3 Å². The molecule has 0 fully saturated rings. The minimum atomic E-state index is -0.845. The highest BCUT2D eigenvalue weighted by Gasteiger charge is 2.18. The second-order valence-corrected chi connectivity index (χ2v) is 25.6. The monoisotopic (exact) mass is 1160 g/mol. The number of carbonyl (C=O) groups excluding carboxylic acids is 2. The number of esters is 1. The van der Waals surface area contributed by atoms with Gasteiger partial charge in [-0.05, 0) is 83.5 Å². The maximum atomic E-state index is 12.5. The van der Waals surface area contributed by atoms with Gasteiger partial charge in [-0.15, -0.1) is 0 Å². The zero-order chi connectivity index (χ0) is 59.9. The van der Waals surface area contributed by atoms with Crippen LogP contribution in [0.25, 0.3) is 0 Å². The smallest absolute Gasteiger partial charge is 0.305 e. The zero-order valence-corrected chi connectivity index (χ0v) is 55.9. The second kappa shape index (κ2) is 72.3. The molecule has 0 aliphatic carbocycles. The van der Waals surface area contributed by atoms with E-state index in [2.05, 4.69) is 55.6 Å². The molecule has 0 heterocycles. The molecule has 83 heavy (non-hydrogen) atoms. The number of aliphatic hydroxyl groups is 2. The summed E-state index contributed by atoms with van der Waals surface area (Å²) in [6, 6.07) is -0.628. The number of amides is 1. The molecule has 0 aliphatic heterocycles. The highest BCUT2D eigenvalue weighted by molar-refractivity contribution is 5.76. The van der Waals surface area contributed by atoms with E-state index in [0.29, 0.717) is 19.4 Å². The Labute approximate surface area is 518 Å². The number of carbonyl (C=O) groups is 2. The Morgan fingerprint density at radius 2 is 0.627 bits per heavy atom. The summed E-state index contributed by atoms with van der Waals surface area (Å²) in [6.45, 7) is 4.87. The molecule has 0 aliphatic rings. The van der Waals surface area contributed by atoms with Crippen molar-refractivity contribution in [2.24, 2.45) is 0 Å². The fourth-order valence-corrected chi connectivity index (χ4v) is 11.6. The molecule has 6 heteroatoms. The predicted octanol–water partition coefficient (Wildman–Crippen LogP) is 24.4. The van der Waals surface area contributed by atoms with Crippen molar-refractivity contribution in [1.82, 2.24) is 5.32 Å². The molecule has 0 aromatic heterocycles. The molecular weight excluding hydrogens is 1020 g/mol. The molecule has 0 saturated carbocycles. The van der Waals surface area contributed by atoms with Crippen LogP contribution in [0.5, 0.6) is 0 Å². The topological polar surface area (TPSA) is 95.9 Å². The summed E-state index contributed by atoms with van der Waals surface area (Å²) in [7, 11) is 0. The Balaban J connectivity index is 3.39. The van der Waals surface area contributed by atoms with Gasteiger partial charge in [0.2, 0.25) is 5.91 Å². The Morgan fingerprint density at radius 1 is 0.337 bits per heavy atom. The van der Waals surface area contributed by atoms with Crippen LogP contribution < -0.4 is 5.32 Å². The summed E-state index contributed by atoms with van der Waals surface area (Å²) in [5.41, 5.74) is 0. The quantitative estimate of drug-likeness (QED) is 0.0320. The van der Waals surface area contributed by atoms with Crippen LogP contribution in [-0.2, 0) is 14.3 Å². The summed E-state index contributed by atoms with van der Waals surface area (Å²) in [5, 5.41) is 23.3. The van der Waals surface area contributed by atoms with E-state index in [9.17, 15) is 19.8 Å². The van der Waals surface area contributed by atoms with Crippen molar-refractivity contribution in [3.8, 4) is 0 Å². The average molecular weight is 1170 g/mol. The molecular formula is C77H145NO5. The van der Waals surface area contributed by atoms with Crippen molar-refractivity contribution < 1.29 is 24.5 Å². The Hall–Kier alpha value is -2.18. The lowest BCUT2D eigenvalue weighted by Crippen LogP contribution is -2.45. The Kier molecular flexibility index (Phi) is 70.4. The molecule has 6 nitrogen and oxygen atoms in total. The minimum Gasteiger partial charge on any atom is -0.466 e. The van der Waals surface area contributed by atoms with Crippen molar-refractivity contribution in [1.29, 1.82) is 0 Å². The molecule has 0 saturated heterocycles. The van der Waals surface area contributed by atoms with Gasteiger partial charge in [0, 0.05) is 12.8 Å². The summed E-state index contributed by atoms with van der Waals surface area (Å²) < 4.78 is 5.48. The zero-order valence-electron chi connectivity index (χ0n) is 55.9. The SMILES string of the molecule is CCC/C=C\C/C=C\CCCCCCCC(=O)OCCCCCCCCCCCCCC/C=C\CCCCCCCCCCCCCCCCCC(=O)NC(CO)C(O)/C=C/CCCCCCCCCCCCCCCCCCCCCC. The molecule has 0 bridgehead atoms. The van der Waals surface area contributed by atoms with E-state index < -0.39 is 12.1 Å². The van der Waals surface area contributed by atoms with Crippen LogP contribution in [0.2, 0.25) is 0 Å². The van der Waals surface area contributed by atoms with E-state index in [1.165, 1.54) is 327 Å². The first-order valence-electron chi connectivity index (χ1n) is 37.4. The van der Waals surface area contributed by atoms with Gasteiger partial charge >= 0.3 is 5.97 Å². The van der Waals surface area contributed by atoms with Crippen LogP contribution in [0.3, 0.4) is 0 Å². The molecule has 0 aromatic carbocycles. The van der Waals surface area contributed by atoms with Gasteiger partial charge in [0.15, 0.2) is 0 Å². The van der Waals surface area contributed by atoms with Crippen LogP contribution in [-0.4, -0.2) is 47.4 Å². The van der Waals surface area contributed by atoms with Gasteiger partial charge in [0.05, 0.1) is 25.4 Å². The standard InChI is InChI=1S/C77H145NO5/c1-3-5-7-9-11-13-15-17-18-19-20-21-33-36-39-42-46-49-53-57-61-65-69-75(80)74(73-79)78-76(81)70-66-62-58-54-50-47-43-40-37-34-31-29-27-25-23-22-24-26-28-30-32-35-38-41-44-48-52-56-60-64-68-72-83-77(82)71-67-63-59-55-51-45-16-14-12-10-8-6-4-2/h8,10,14,16,24,26,65,69,74-75,79-80H,3-7,9,11-13,15,17-23,25,27-64,66-68,70-73H2,1-2H3,(H,78,81)/b10-8-,16-14-,26-24-,69-65+. The number of allylic oxidation sites excluding steroid dienone is 7. The minimum absolute atomic E-state index is 0.00219. The number of rotatable bonds is 70. The van der Waals surface area contributed by atoms with E-state index in [-0.39, 0.29) is 18.5 Å². The van der Waals surface area contributed by atoms with Crippen LogP contribution >= 0.6 is 0 Å². The Morgan fingerprint density at radius 3 is 0.976 bits per heavy atom. The van der Waals surface area contributed by atoms with Crippen molar-refractivity contribution in [3.05, 3.63) is 48.6 Å². The number of ether oxygens (including phenoxy) is 1. The molecule has 3 N–H and O–H groups in total. The molecule has 0 rings (SSSR count). The molecule has 2 atom stereocenters. The lowest BCUT2D eigenvalue weighted by atomic mass is 10.0. The van der Waals surface area contributed by atoms with Crippen molar-refractivity contribution >= 4 is 11.9 Å². The van der Waals surface area contributed by atoms with Crippen LogP contribution in [0.15, 0.2) is 48.6 Å². The number of aliphatic hydroxyl groups excluding tert-OH is 2. The fraction of sp³-hybridized carbons (Fsp3) is 0.870. The summed E-state index contributed by atoms with van der Waals surface area (Å²) in [6.07, 6.45) is 95.0. The van der Waals surface area contributed by atoms with E-state index in [4.69, 9.17) is 4.74 Å². The fourth-order valence-electron chi connectivity index (χ4n) is 11.6. The highest BCUT2D eigenvalue weighted by Crippen LogP contribution is 2.19. The van der Waals surface area contributed by atoms with E-state index in [1.807, 2.05) is 6.08 Å². The summed E-state index contributed by atoms with van der Waals surface area (Å²) in [4.78, 5) is 24.6. The van der Waals surface area contributed by atoms with E-state index in [0.717, 1.165) is 51.4 Å². The maximum Gasteiger partial charge on any atom is 0.305 e. The molecule has 1 amide bonds. The molecule has 0 aromatic rings. The van der Waals surface area contributed by atoms with Crippen LogP contribution in [0.4, 0.5) is 0 Å². The van der Waals surface area contributed by atoms with Gasteiger partial charge in [0.1, 0.15) is 0 Å². The summed E-state index contributed by atoms with van der Waals surface area (Å²) in [5.74, 6) is -0.0599. The highest BCUT2D eigenvalue weighted by atomic mass is 16.5. The number of hydrogen-bond donors (Lipinski definition) is 3. The number of nitrogens with one attached hydrogen (secondary N) is 1. The largest absolute Gasteiger partial charge is 0.466 e. The molecule has 488 valence electrons. The number of unbranched alkanes of at least 4 members (excludes halogenated alkanes) is 53. The molecule has 0 radical (unpaired) electrons. The van der Waals surface area contributed by atoms with Crippen molar-refractivity contribution in [3.63, 3.8) is 0 Å². The van der Waals surface area contributed by atoms with Crippen molar-refractivity contribution in [2.45, 2.75) is 418 Å². The first-order valence-corrected chi connectivity index (χ1v) is 37.4. The maximum absolute atomic E-state index is 12.5. The third kappa shape index (κ3) is 68.8. The van der Waals surface area contributed by atoms with Crippen molar-refractivity contribution in [2.75, 3.05) is 13.2 Å². The predicted molar refractivity (Wildman–Crippen MR) is 366 cm³/mol. The number of hydrogen-bond acceptors (Lipinski definition) is 5. The first kappa shape index (κ1) is 80.8. The third-order valence-corrected chi connectivity index (χ3v) is 17.3. The van der Waals surface area contributed by atoms with Crippen LogP contribution in [0, 0.1) is 0 Å². The molecule has 0 spiro atoms. The normalized spacial score (nSPS) is 12.8. The van der Waals surface area contributed by atoms with Gasteiger partial charge in [0.25, 0.3) is 0 Å². The second-order valence-electron chi connectivity index (χ2n) is 25.6. The average Bonchev–Trinajstić information content (AvgIpc) is 3.49. The third-order valence-electron chi connectivity index (χ3n) is 17.3. The van der Waals surface area contributed by atoms with Crippen LogP contribution in [0.1, 0.15) is 406 Å². The van der Waals surface area contributed by atoms with Gasteiger partial charge in [-0.3, -0.25) is 9.59 Å². The Bertz CT molecular complexity index is 1390. The van der Waals surface area contributed by atoms with Gasteiger partial charge in [-0.2, -0.15) is 0 Å². The van der Waals surface area contributed by atoms with E-state index in [1.54, 1.807) is 6.08 Å². The van der Waals surface area contributed by atoms with E-state index >= 15 is 0 Å². The van der Waals surface area contributed by atoms with Gasteiger partial charge in [-0.25, -0.2) is 0 Å². The van der Waals surface area contributed by atoms with Gasteiger partial charge in [-0.1, -0.05) is 358 Å². The lowest BCUT2D eigenvalue weighted by molar-refractivity contribution is -0.143. The summed E-state index contributed by atoms with van der Waals surface area (Å²) >= 11 is 0. The first-order chi connectivity index (χ1) is 41.0. The molecule has 2 unspecified atom stereocenters.